The molecule has 4 aromatic rings. The van der Waals surface area contributed by atoms with Gasteiger partial charge in [-0.3, -0.25) is 13.9 Å². The Labute approximate surface area is 286 Å². The molecule has 0 spiro atoms. The highest BCUT2D eigenvalue weighted by Crippen LogP contribution is 2.30. The normalized spacial score (nSPS) is 13.9. The molecule has 0 bridgehead atoms. The van der Waals surface area contributed by atoms with Crippen LogP contribution < -0.4 is 14.4 Å². The van der Waals surface area contributed by atoms with Crippen LogP contribution in [0.15, 0.2) is 108 Å². The molecular weight excluding hydrogens is 657 g/mol. The molecular formula is C36H37Cl2N3O5S. The Kier molecular flexibility index (Phi) is 11.4. The number of carbonyl (C=O) groups excluding carboxylic acids is 2. The second kappa shape index (κ2) is 15.7. The van der Waals surface area contributed by atoms with Crippen LogP contribution in [0.25, 0.3) is 0 Å². The molecule has 11 heteroatoms. The van der Waals surface area contributed by atoms with Gasteiger partial charge in [-0.15, -0.1) is 0 Å². The van der Waals surface area contributed by atoms with Gasteiger partial charge in [0, 0.05) is 34.6 Å². The highest BCUT2D eigenvalue weighted by atomic mass is 35.5. The summed E-state index contributed by atoms with van der Waals surface area (Å²) in [4.78, 5) is 30.2. The summed E-state index contributed by atoms with van der Waals surface area (Å²) >= 11 is 13.2. The highest BCUT2D eigenvalue weighted by molar-refractivity contribution is 7.92. The van der Waals surface area contributed by atoms with Gasteiger partial charge in [0.15, 0.2) is 0 Å². The number of halogens is 2. The quantitative estimate of drug-likeness (QED) is 0.164. The van der Waals surface area contributed by atoms with E-state index in [2.05, 4.69) is 5.32 Å². The van der Waals surface area contributed by atoms with Gasteiger partial charge in [0.25, 0.3) is 10.0 Å². The van der Waals surface area contributed by atoms with Gasteiger partial charge in [-0.1, -0.05) is 90.6 Å². The number of amides is 2. The van der Waals surface area contributed by atoms with Gasteiger partial charge < -0.3 is 15.0 Å². The van der Waals surface area contributed by atoms with Crippen LogP contribution >= 0.6 is 23.2 Å². The standard InChI is InChI=1S/C36H37Cl2N3O5S/c1-46-29-21-19-28(20-22-29)41(47(44,45)30-15-6-3-7-16-30)25-35(42)40(24-31-32(37)17-10-18-33(31)38)34(23-26-11-4-2-5-12-26)36(43)39-27-13-8-9-14-27/h2-7,10-12,15-22,27,34H,8-9,13-14,23-25H2,1H3,(H,39,43)/t34-/m1/s1. The lowest BCUT2D eigenvalue weighted by molar-refractivity contribution is -0.140. The molecule has 0 heterocycles. The number of carbonyl (C=O) groups is 2. The van der Waals surface area contributed by atoms with Crippen LogP contribution in [0.2, 0.25) is 10.0 Å². The van der Waals surface area contributed by atoms with E-state index in [1.807, 2.05) is 30.3 Å². The Bertz CT molecular complexity index is 1750. The molecule has 0 radical (unpaired) electrons. The number of nitrogens with one attached hydrogen (secondary N) is 1. The number of methoxy groups -OCH3 is 1. The molecule has 1 N–H and O–H groups in total. The number of hydrogen-bond donors (Lipinski definition) is 1. The van der Waals surface area contributed by atoms with E-state index in [0.717, 1.165) is 35.6 Å². The Morgan fingerprint density at radius 1 is 0.851 bits per heavy atom. The summed E-state index contributed by atoms with van der Waals surface area (Å²) in [6.07, 6.45) is 3.94. The van der Waals surface area contributed by atoms with Gasteiger partial charge in [-0.2, -0.15) is 0 Å². The zero-order valence-electron chi connectivity index (χ0n) is 26.0. The van der Waals surface area contributed by atoms with E-state index in [9.17, 15) is 18.0 Å². The van der Waals surface area contributed by atoms with Crippen LogP contribution in [0.5, 0.6) is 5.75 Å². The van der Waals surface area contributed by atoms with Crippen LogP contribution in [0.3, 0.4) is 0 Å². The summed E-state index contributed by atoms with van der Waals surface area (Å²) in [7, 11) is -2.71. The Morgan fingerprint density at radius 3 is 2.04 bits per heavy atom. The lowest BCUT2D eigenvalue weighted by Crippen LogP contribution is -2.54. The predicted molar refractivity (Wildman–Crippen MR) is 185 cm³/mol. The van der Waals surface area contributed by atoms with Crippen LogP contribution in [0.1, 0.15) is 36.8 Å². The van der Waals surface area contributed by atoms with Gasteiger partial charge in [0.1, 0.15) is 18.3 Å². The zero-order chi connectivity index (χ0) is 33.4. The molecule has 0 aromatic heterocycles. The Morgan fingerprint density at radius 2 is 1.45 bits per heavy atom. The van der Waals surface area contributed by atoms with Gasteiger partial charge in [0.05, 0.1) is 17.7 Å². The molecule has 246 valence electrons. The molecule has 0 unspecified atom stereocenters. The second-order valence-corrected chi connectivity index (χ2v) is 14.1. The number of nitrogens with zero attached hydrogens (tertiary/aromatic N) is 2. The van der Waals surface area contributed by atoms with Gasteiger partial charge in [-0.25, -0.2) is 8.42 Å². The summed E-state index contributed by atoms with van der Waals surface area (Å²) in [5.41, 5.74) is 1.55. The first-order valence-electron chi connectivity index (χ1n) is 15.5. The molecule has 5 rings (SSSR count). The van der Waals surface area contributed by atoms with E-state index < -0.39 is 28.5 Å². The van der Waals surface area contributed by atoms with Crippen molar-refractivity contribution in [2.45, 2.75) is 55.6 Å². The maximum Gasteiger partial charge on any atom is 0.264 e. The first-order valence-corrected chi connectivity index (χ1v) is 17.7. The first kappa shape index (κ1) is 34.3. The third kappa shape index (κ3) is 8.46. The lowest BCUT2D eigenvalue weighted by Gasteiger charge is -2.34. The average Bonchev–Trinajstić information content (AvgIpc) is 3.60. The zero-order valence-corrected chi connectivity index (χ0v) is 28.3. The van der Waals surface area contributed by atoms with Crippen molar-refractivity contribution in [3.63, 3.8) is 0 Å². The minimum Gasteiger partial charge on any atom is -0.497 e. The molecule has 0 aliphatic heterocycles. The van der Waals surface area contributed by atoms with Crippen molar-refractivity contribution >= 4 is 50.7 Å². The van der Waals surface area contributed by atoms with Gasteiger partial charge in [-0.05, 0) is 66.9 Å². The second-order valence-electron chi connectivity index (χ2n) is 11.4. The van der Waals surface area contributed by atoms with E-state index in [-0.39, 0.29) is 35.5 Å². The number of rotatable bonds is 13. The van der Waals surface area contributed by atoms with Crippen molar-refractivity contribution in [1.29, 1.82) is 0 Å². The summed E-state index contributed by atoms with van der Waals surface area (Å²) in [5, 5.41) is 3.81. The minimum atomic E-state index is -4.22. The highest BCUT2D eigenvalue weighted by Gasteiger charge is 2.36. The number of sulfonamides is 1. The molecule has 47 heavy (non-hydrogen) atoms. The Hall–Kier alpha value is -4.05. The van der Waals surface area contributed by atoms with Crippen LogP contribution in [0.4, 0.5) is 5.69 Å². The van der Waals surface area contributed by atoms with Gasteiger partial charge in [0.2, 0.25) is 11.8 Å². The fourth-order valence-electron chi connectivity index (χ4n) is 5.77. The molecule has 8 nitrogen and oxygen atoms in total. The Balaban J connectivity index is 1.59. The number of hydrogen-bond acceptors (Lipinski definition) is 5. The van der Waals surface area contributed by atoms with Crippen molar-refractivity contribution in [1.82, 2.24) is 10.2 Å². The minimum absolute atomic E-state index is 0.00381. The van der Waals surface area contributed by atoms with E-state index >= 15 is 0 Å². The van der Waals surface area contributed by atoms with Crippen molar-refractivity contribution < 1.29 is 22.7 Å². The molecule has 1 fully saturated rings. The van der Waals surface area contributed by atoms with Crippen molar-refractivity contribution in [2.75, 3.05) is 18.0 Å². The smallest absolute Gasteiger partial charge is 0.264 e. The SMILES string of the molecule is COc1ccc(N(CC(=O)N(Cc2c(Cl)cccc2Cl)[C@H](Cc2ccccc2)C(=O)NC2CCCC2)S(=O)(=O)c2ccccc2)cc1. The fraction of sp³-hybridized carbons (Fsp3) is 0.278. The first-order chi connectivity index (χ1) is 22.7. The molecule has 1 aliphatic rings. The third-order valence-corrected chi connectivity index (χ3v) is 10.8. The molecule has 1 saturated carbocycles. The van der Waals surface area contributed by atoms with Crippen LogP contribution in [0, 0.1) is 0 Å². The topological polar surface area (TPSA) is 96.0 Å². The number of benzene rings is 4. The van der Waals surface area contributed by atoms with Crippen molar-refractivity contribution in [3.8, 4) is 5.75 Å². The number of anilines is 1. The van der Waals surface area contributed by atoms with E-state index in [4.69, 9.17) is 27.9 Å². The van der Waals surface area contributed by atoms with E-state index in [1.165, 1.54) is 24.1 Å². The van der Waals surface area contributed by atoms with Gasteiger partial charge >= 0.3 is 0 Å². The largest absolute Gasteiger partial charge is 0.497 e. The maximum atomic E-state index is 14.7. The van der Waals surface area contributed by atoms with Crippen molar-refractivity contribution in [3.05, 3.63) is 124 Å². The third-order valence-electron chi connectivity index (χ3n) is 8.33. The monoisotopic (exact) mass is 693 g/mol. The van der Waals surface area contributed by atoms with Crippen molar-refractivity contribution in [2.24, 2.45) is 0 Å². The summed E-state index contributed by atoms with van der Waals surface area (Å²) in [6.45, 7) is -0.706. The molecule has 4 aromatic carbocycles. The summed E-state index contributed by atoms with van der Waals surface area (Å²) < 4.78 is 34.6. The summed E-state index contributed by atoms with van der Waals surface area (Å²) in [5.74, 6) is -0.392. The summed E-state index contributed by atoms with van der Waals surface area (Å²) in [6, 6.07) is 27.8. The van der Waals surface area contributed by atoms with E-state index in [1.54, 1.807) is 60.7 Å². The van der Waals surface area contributed by atoms with E-state index in [0.29, 0.717) is 21.4 Å². The molecule has 1 aliphatic carbocycles. The van der Waals surface area contributed by atoms with Crippen LogP contribution in [-0.4, -0.2) is 50.9 Å². The molecule has 1 atom stereocenters. The lowest BCUT2D eigenvalue weighted by atomic mass is 10.0. The average molecular weight is 695 g/mol. The maximum absolute atomic E-state index is 14.7. The molecule has 2 amide bonds. The number of ether oxygens (including phenoxy) is 1. The predicted octanol–water partition coefficient (Wildman–Crippen LogP) is 6.90. The van der Waals surface area contributed by atoms with Crippen LogP contribution in [-0.2, 0) is 32.6 Å². The molecule has 0 saturated heterocycles. The fourth-order valence-corrected chi connectivity index (χ4v) is 7.72.